The highest BCUT2D eigenvalue weighted by Gasteiger charge is 2.27. The van der Waals surface area contributed by atoms with Crippen molar-refractivity contribution < 1.29 is 9.53 Å². The van der Waals surface area contributed by atoms with Crippen LogP contribution in [-0.4, -0.2) is 48.6 Å². The van der Waals surface area contributed by atoms with Gasteiger partial charge in [-0.25, -0.2) is 0 Å². The number of hydrogen-bond acceptors (Lipinski definition) is 3. The van der Waals surface area contributed by atoms with E-state index in [0.29, 0.717) is 11.8 Å². The molecular formula is C26H33N3O2. The van der Waals surface area contributed by atoms with E-state index in [1.54, 1.807) is 0 Å². The summed E-state index contributed by atoms with van der Waals surface area (Å²) in [5.41, 5.74) is 7.84. The smallest absolute Gasteiger partial charge is 0.256 e. The number of nitrogens with zero attached hydrogens (tertiary/aromatic N) is 1. The number of morpholine rings is 1. The van der Waals surface area contributed by atoms with Crippen LogP contribution in [0.25, 0.3) is 11.6 Å². The molecule has 1 aromatic carbocycles. The topological polar surface area (TPSA) is 57.4 Å². The summed E-state index contributed by atoms with van der Waals surface area (Å²) < 4.78 is 5.45. The number of nitrogens with one attached hydrogen (secondary N) is 2. The molecule has 1 aromatic heterocycles. The van der Waals surface area contributed by atoms with Gasteiger partial charge in [-0.1, -0.05) is 19.9 Å². The Hall–Kier alpha value is -2.37. The van der Waals surface area contributed by atoms with Gasteiger partial charge in [-0.2, -0.15) is 0 Å². The number of ether oxygens (including phenoxy) is 1. The van der Waals surface area contributed by atoms with Gasteiger partial charge in [0.15, 0.2) is 0 Å². The Bertz CT molecular complexity index is 998. The van der Waals surface area contributed by atoms with Crippen molar-refractivity contribution in [2.24, 2.45) is 5.92 Å². The van der Waals surface area contributed by atoms with E-state index in [4.69, 9.17) is 4.74 Å². The zero-order chi connectivity index (χ0) is 21.4. The minimum absolute atomic E-state index is 0.00619. The lowest BCUT2D eigenvalue weighted by atomic mass is 9.80. The van der Waals surface area contributed by atoms with E-state index in [1.165, 1.54) is 29.7 Å². The van der Waals surface area contributed by atoms with Gasteiger partial charge in [0, 0.05) is 42.3 Å². The molecule has 5 nitrogen and oxygen atoms in total. The Labute approximate surface area is 184 Å². The van der Waals surface area contributed by atoms with Crippen molar-refractivity contribution in [1.29, 1.82) is 0 Å². The molecule has 1 saturated heterocycles. The van der Waals surface area contributed by atoms with Crippen LogP contribution in [0, 0.1) is 5.92 Å². The van der Waals surface area contributed by atoms with Crippen molar-refractivity contribution >= 4 is 23.2 Å². The molecule has 1 aliphatic carbocycles. The van der Waals surface area contributed by atoms with Gasteiger partial charge in [0.2, 0.25) is 0 Å². The predicted octanol–water partition coefficient (Wildman–Crippen LogP) is 4.46. The first-order valence-electron chi connectivity index (χ1n) is 11.8. The van der Waals surface area contributed by atoms with E-state index in [9.17, 15) is 4.79 Å². The molecule has 5 heteroatoms. The molecule has 0 bridgehead atoms. The summed E-state index contributed by atoms with van der Waals surface area (Å²) in [5.74, 6) is 1.25. The van der Waals surface area contributed by atoms with Crippen molar-refractivity contribution in [3.63, 3.8) is 0 Å². The molecule has 1 atom stereocenters. The Morgan fingerprint density at radius 1 is 1.23 bits per heavy atom. The highest BCUT2D eigenvalue weighted by atomic mass is 16.5. The normalized spacial score (nSPS) is 22.6. The van der Waals surface area contributed by atoms with Gasteiger partial charge in [0.1, 0.15) is 0 Å². The molecule has 164 valence electrons. The van der Waals surface area contributed by atoms with Crippen molar-refractivity contribution in [3.05, 3.63) is 52.3 Å². The third-order valence-corrected chi connectivity index (χ3v) is 7.09. The summed E-state index contributed by atoms with van der Waals surface area (Å²) in [7, 11) is 0. The molecule has 2 aromatic rings. The number of carbonyl (C=O) groups is 1. The molecule has 2 aliphatic heterocycles. The van der Waals surface area contributed by atoms with E-state index in [2.05, 4.69) is 53.3 Å². The number of H-pyrrole nitrogens is 1. The molecular weight excluding hydrogens is 386 g/mol. The van der Waals surface area contributed by atoms with Crippen molar-refractivity contribution in [2.45, 2.75) is 45.4 Å². The molecule has 1 amide bonds. The number of aromatic amines is 1. The third-order valence-electron chi connectivity index (χ3n) is 7.09. The highest BCUT2D eigenvalue weighted by Crippen LogP contribution is 2.39. The number of aromatic nitrogens is 1. The van der Waals surface area contributed by atoms with Crippen LogP contribution in [0.15, 0.2) is 24.3 Å². The maximum atomic E-state index is 12.8. The Morgan fingerprint density at radius 2 is 2.06 bits per heavy atom. The van der Waals surface area contributed by atoms with Crippen LogP contribution in [0.3, 0.4) is 0 Å². The molecule has 31 heavy (non-hydrogen) atoms. The largest absolute Gasteiger partial charge is 0.379 e. The summed E-state index contributed by atoms with van der Waals surface area (Å²) >= 11 is 0. The molecule has 5 rings (SSSR count). The number of fused-ring (bicyclic) bond motifs is 2. The van der Waals surface area contributed by atoms with Crippen molar-refractivity contribution in [1.82, 2.24) is 9.88 Å². The minimum Gasteiger partial charge on any atom is -0.379 e. The average Bonchev–Trinajstić information content (AvgIpc) is 3.33. The van der Waals surface area contributed by atoms with Crippen molar-refractivity contribution in [3.8, 4) is 0 Å². The van der Waals surface area contributed by atoms with E-state index < -0.39 is 0 Å². The highest BCUT2D eigenvalue weighted by molar-refractivity contribution is 6.34. The molecule has 0 radical (unpaired) electrons. The predicted molar refractivity (Wildman–Crippen MR) is 125 cm³/mol. The first-order chi connectivity index (χ1) is 15.1. The van der Waals surface area contributed by atoms with Gasteiger partial charge in [-0.15, -0.1) is 0 Å². The first-order valence-corrected chi connectivity index (χ1v) is 11.8. The summed E-state index contributed by atoms with van der Waals surface area (Å²) in [6.45, 7) is 9.31. The number of hydrogen-bond donors (Lipinski definition) is 2. The quantitative estimate of drug-likeness (QED) is 0.704. The lowest BCUT2D eigenvalue weighted by Crippen LogP contribution is -2.37. The number of anilines is 1. The fourth-order valence-corrected chi connectivity index (χ4v) is 5.30. The molecule has 1 unspecified atom stereocenters. The molecule has 0 saturated carbocycles. The summed E-state index contributed by atoms with van der Waals surface area (Å²) in [6, 6.07) is 8.67. The monoisotopic (exact) mass is 419 g/mol. The first kappa shape index (κ1) is 20.5. The van der Waals surface area contributed by atoms with Crippen LogP contribution in [0.1, 0.15) is 60.7 Å². The van der Waals surface area contributed by atoms with Crippen LogP contribution in [-0.2, 0) is 22.4 Å². The summed E-state index contributed by atoms with van der Waals surface area (Å²) in [5, 5.41) is 3.04. The number of carbonyl (C=O) groups excluding carboxylic acids is 1. The average molecular weight is 420 g/mol. The number of rotatable bonds is 5. The van der Waals surface area contributed by atoms with E-state index in [-0.39, 0.29) is 5.91 Å². The second-order valence-corrected chi connectivity index (χ2v) is 9.50. The SMILES string of the molecule is CC(C)C1CCCc2[nH]c(C=C3C(=O)Nc4ccc(CCN5CCOCC5)cc43)cc21. The number of amides is 1. The van der Waals surface area contributed by atoms with Gasteiger partial charge in [0.05, 0.1) is 18.8 Å². The second kappa shape index (κ2) is 8.64. The Kier molecular flexibility index (Phi) is 5.72. The van der Waals surface area contributed by atoms with Gasteiger partial charge >= 0.3 is 0 Å². The summed E-state index contributed by atoms with van der Waals surface area (Å²) in [4.78, 5) is 18.8. The Morgan fingerprint density at radius 3 is 2.87 bits per heavy atom. The molecule has 1 fully saturated rings. The van der Waals surface area contributed by atoms with Crippen LogP contribution >= 0.6 is 0 Å². The maximum absolute atomic E-state index is 12.8. The zero-order valence-corrected chi connectivity index (χ0v) is 18.7. The van der Waals surface area contributed by atoms with Crippen LogP contribution in [0.2, 0.25) is 0 Å². The van der Waals surface area contributed by atoms with Crippen LogP contribution in [0.4, 0.5) is 5.69 Å². The van der Waals surface area contributed by atoms with E-state index >= 15 is 0 Å². The van der Waals surface area contributed by atoms with Gasteiger partial charge in [-0.3, -0.25) is 9.69 Å². The maximum Gasteiger partial charge on any atom is 0.256 e. The van der Waals surface area contributed by atoms with Crippen LogP contribution in [0.5, 0.6) is 0 Å². The lowest BCUT2D eigenvalue weighted by Gasteiger charge is -2.26. The van der Waals surface area contributed by atoms with Crippen LogP contribution < -0.4 is 5.32 Å². The van der Waals surface area contributed by atoms with Gasteiger partial charge in [-0.05, 0) is 72.9 Å². The number of benzene rings is 1. The zero-order valence-electron chi connectivity index (χ0n) is 18.7. The van der Waals surface area contributed by atoms with Crippen molar-refractivity contribution in [2.75, 3.05) is 38.2 Å². The molecule has 3 heterocycles. The third kappa shape index (κ3) is 4.21. The minimum atomic E-state index is -0.00619. The van der Waals surface area contributed by atoms with Gasteiger partial charge < -0.3 is 15.0 Å². The van der Waals surface area contributed by atoms with Gasteiger partial charge in [0.25, 0.3) is 5.91 Å². The fourth-order valence-electron chi connectivity index (χ4n) is 5.30. The second-order valence-electron chi connectivity index (χ2n) is 9.50. The number of aryl methyl sites for hydroxylation is 1. The molecule has 3 aliphatic rings. The standard InChI is InChI=1S/C26H33N3O2/c1-17(2)20-4-3-5-24-22(20)15-19(27-24)16-23-21-14-18(6-7-25(21)28-26(23)30)8-9-29-10-12-31-13-11-29/h6-7,14-17,20,27H,3-5,8-13H2,1-2H3,(H,28,30). The van der Waals surface area contributed by atoms with E-state index in [0.717, 1.165) is 68.2 Å². The molecule has 0 spiro atoms. The Balaban J connectivity index is 1.39. The molecule has 2 N–H and O–H groups in total. The van der Waals surface area contributed by atoms with E-state index in [1.807, 2.05) is 6.08 Å². The lowest BCUT2D eigenvalue weighted by molar-refractivity contribution is -0.110. The fraction of sp³-hybridized carbons (Fsp3) is 0.500. The summed E-state index contributed by atoms with van der Waals surface area (Å²) in [6.07, 6.45) is 6.64.